The predicted octanol–water partition coefficient (Wildman–Crippen LogP) is 2.82. The van der Waals surface area contributed by atoms with Crippen LogP contribution in [0.2, 0.25) is 0 Å². The fraction of sp³-hybridized carbons (Fsp3) is 0.300. The van der Waals surface area contributed by atoms with Gasteiger partial charge in [-0.05, 0) is 30.2 Å². The summed E-state index contributed by atoms with van der Waals surface area (Å²) < 4.78 is 4.98. The zero-order valence-corrected chi connectivity index (χ0v) is 9.22. The first-order valence-electron chi connectivity index (χ1n) is 3.97. The van der Waals surface area contributed by atoms with Crippen molar-refractivity contribution < 1.29 is 9.53 Å². The first-order valence-corrected chi connectivity index (χ1v) is 5.09. The maximum absolute atomic E-state index is 10.7. The molecule has 0 spiro atoms. The van der Waals surface area contributed by atoms with Gasteiger partial charge in [0.2, 0.25) is 0 Å². The summed E-state index contributed by atoms with van der Waals surface area (Å²) in [5.41, 5.74) is 2.20. The summed E-state index contributed by atoms with van der Waals surface area (Å²) in [4.78, 5) is 10.7. The molecule has 0 aliphatic heterocycles. The number of carbonyl (C=O) groups excluding carboxylic acids is 1. The molecule has 0 fully saturated rings. The van der Waals surface area contributed by atoms with Crippen molar-refractivity contribution in [2.45, 2.75) is 19.2 Å². The summed E-state index contributed by atoms with van der Waals surface area (Å²) in [6, 6.07) is 5.73. The van der Waals surface area contributed by atoms with Crippen molar-refractivity contribution in [1.82, 2.24) is 0 Å². The predicted molar refractivity (Wildman–Crippen MR) is 55.1 cm³/mol. The molecule has 70 valence electrons. The van der Waals surface area contributed by atoms with Gasteiger partial charge < -0.3 is 4.74 Å². The molecule has 2 nitrogen and oxygen atoms in total. The standard InChI is InChI=1S/C10H11BrO2/c1-7-3-9(6-11)5-10(4-7)13-8(2)12/h3-5H,6H2,1-2H3. The Labute approximate surface area is 86.0 Å². The van der Waals surface area contributed by atoms with E-state index < -0.39 is 0 Å². The minimum Gasteiger partial charge on any atom is -0.427 e. The third-order valence-corrected chi connectivity index (χ3v) is 2.17. The number of rotatable bonds is 2. The molecule has 0 aliphatic rings. The van der Waals surface area contributed by atoms with Gasteiger partial charge in [-0.3, -0.25) is 4.79 Å². The molecule has 0 unspecified atom stereocenters. The molecule has 0 aliphatic carbocycles. The highest BCUT2D eigenvalue weighted by molar-refractivity contribution is 9.08. The quantitative estimate of drug-likeness (QED) is 0.453. The first-order chi connectivity index (χ1) is 6.11. The number of hydrogen-bond acceptors (Lipinski definition) is 2. The molecule has 0 N–H and O–H groups in total. The fourth-order valence-electron chi connectivity index (χ4n) is 1.13. The lowest BCUT2D eigenvalue weighted by molar-refractivity contribution is -0.131. The lowest BCUT2D eigenvalue weighted by Crippen LogP contribution is -2.01. The van der Waals surface area contributed by atoms with E-state index in [-0.39, 0.29) is 5.97 Å². The van der Waals surface area contributed by atoms with Crippen LogP contribution in [0.1, 0.15) is 18.1 Å². The lowest BCUT2D eigenvalue weighted by Gasteiger charge is -2.04. The molecular formula is C10H11BrO2. The maximum atomic E-state index is 10.7. The van der Waals surface area contributed by atoms with E-state index in [1.54, 1.807) is 0 Å². The van der Waals surface area contributed by atoms with Gasteiger partial charge in [0.15, 0.2) is 0 Å². The van der Waals surface area contributed by atoms with Crippen LogP contribution in [0.5, 0.6) is 5.75 Å². The summed E-state index contributed by atoms with van der Waals surface area (Å²) in [5.74, 6) is 0.327. The fourth-order valence-corrected chi connectivity index (χ4v) is 1.45. The Kier molecular flexibility index (Phi) is 3.48. The number of ether oxygens (including phenoxy) is 1. The monoisotopic (exact) mass is 242 g/mol. The van der Waals surface area contributed by atoms with Gasteiger partial charge in [-0.15, -0.1) is 0 Å². The van der Waals surface area contributed by atoms with E-state index in [0.717, 1.165) is 16.5 Å². The van der Waals surface area contributed by atoms with E-state index in [2.05, 4.69) is 15.9 Å². The van der Waals surface area contributed by atoms with E-state index in [0.29, 0.717) is 5.75 Å². The van der Waals surface area contributed by atoms with E-state index in [4.69, 9.17) is 4.74 Å². The molecule has 0 aromatic heterocycles. The average Bonchev–Trinajstić information content (AvgIpc) is 2.01. The zero-order chi connectivity index (χ0) is 9.84. The van der Waals surface area contributed by atoms with Crippen LogP contribution in [0.15, 0.2) is 18.2 Å². The second-order valence-electron chi connectivity index (χ2n) is 2.88. The number of alkyl halides is 1. The molecular weight excluding hydrogens is 232 g/mol. The Morgan fingerprint density at radius 2 is 2.15 bits per heavy atom. The smallest absolute Gasteiger partial charge is 0.308 e. The van der Waals surface area contributed by atoms with Gasteiger partial charge >= 0.3 is 5.97 Å². The summed E-state index contributed by atoms with van der Waals surface area (Å²) in [6.07, 6.45) is 0. The van der Waals surface area contributed by atoms with Gasteiger partial charge in [0.1, 0.15) is 5.75 Å². The second kappa shape index (κ2) is 4.42. The minimum absolute atomic E-state index is 0.286. The molecule has 0 saturated carbocycles. The van der Waals surface area contributed by atoms with Crippen LogP contribution in [-0.4, -0.2) is 5.97 Å². The van der Waals surface area contributed by atoms with Crippen LogP contribution in [0.25, 0.3) is 0 Å². The average molecular weight is 243 g/mol. The Morgan fingerprint density at radius 3 is 2.69 bits per heavy atom. The molecule has 0 heterocycles. The van der Waals surface area contributed by atoms with Gasteiger partial charge in [0.05, 0.1) is 0 Å². The summed E-state index contributed by atoms with van der Waals surface area (Å²) in [6.45, 7) is 3.37. The van der Waals surface area contributed by atoms with E-state index >= 15 is 0 Å². The van der Waals surface area contributed by atoms with Gasteiger partial charge in [-0.1, -0.05) is 22.0 Å². The Balaban J connectivity index is 2.94. The van der Waals surface area contributed by atoms with Crippen LogP contribution in [0.3, 0.4) is 0 Å². The van der Waals surface area contributed by atoms with Crippen molar-refractivity contribution >= 4 is 21.9 Å². The first kappa shape index (κ1) is 10.3. The van der Waals surface area contributed by atoms with Crippen molar-refractivity contribution in [2.24, 2.45) is 0 Å². The van der Waals surface area contributed by atoms with E-state index in [1.807, 2.05) is 25.1 Å². The number of hydrogen-bond donors (Lipinski definition) is 0. The number of carbonyl (C=O) groups is 1. The van der Waals surface area contributed by atoms with Gasteiger partial charge in [-0.25, -0.2) is 0 Å². The Bertz CT molecular complexity index is 321. The molecule has 0 amide bonds. The number of benzene rings is 1. The van der Waals surface area contributed by atoms with Crippen molar-refractivity contribution in [1.29, 1.82) is 0 Å². The SMILES string of the molecule is CC(=O)Oc1cc(C)cc(CBr)c1. The molecule has 13 heavy (non-hydrogen) atoms. The molecule has 0 radical (unpaired) electrons. The van der Waals surface area contributed by atoms with Crippen LogP contribution >= 0.6 is 15.9 Å². The topological polar surface area (TPSA) is 26.3 Å². The lowest BCUT2D eigenvalue weighted by atomic mass is 10.1. The van der Waals surface area contributed by atoms with E-state index in [1.165, 1.54) is 6.92 Å². The molecule has 1 rings (SSSR count). The van der Waals surface area contributed by atoms with Gasteiger partial charge in [0.25, 0.3) is 0 Å². The largest absolute Gasteiger partial charge is 0.427 e. The number of aryl methyl sites for hydroxylation is 1. The van der Waals surface area contributed by atoms with E-state index in [9.17, 15) is 4.79 Å². The third-order valence-electron chi connectivity index (χ3n) is 1.53. The van der Waals surface area contributed by atoms with Crippen LogP contribution in [0.4, 0.5) is 0 Å². The number of halogens is 1. The molecule has 0 atom stereocenters. The summed E-state index contributed by atoms with van der Waals surface area (Å²) in [5, 5.41) is 0.767. The van der Waals surface area contributed by atoms with Crippen molar-refractivity contribution in [3.8, 4) is 5.75 Å². The Morgan fingerprint density at radius 1 is 1.46 bits per heavy atom. The molecule has 1 aromatic carbocycles. The third kappa shape index (κ3) is 3.19. The molecule has 3 heteroatoms. The number of esters is 1. The van der Waals surface area contributed by atoms with Crippen LogP contribution in [0, 0.1) is 6.92 Å². The van der Waals surface area contributed by atoms with Crippen molar-refractivity contribution in [2.75, 3.05) is 0 Å². The second-order valence-corrected chi connectivity index (χ2v) is 3.44. The zero-order valence-electron chi connectivity index (χ0n) is 7.63. The van der Waals surface area contributed by atoms with Crippen molar-refractivity contribution in [3.05, 3.63) is 29.3 Å². The molecule has 1 aromatic rings. The normalized spacial score (nSPS) is 9.77. The highest BCUT2D eigenvalue weighted by Crippen LogP contribution is 2.18. The van der Waals surface area contributed by atoms with Gasteiger partial charge in [-0.2, -0.15) is 0 Å². The van der Waals surface area contributed by atoms with Crippen molar-refractivity contribution in [3.63, 3.8) is 0 Å². The minimum atomic E-state index is -0.286. The summed E-state index contributed by atoms with van der Waals surface area (Å²) in [7, 11) is 0. The Hall–Kier alpha value is -0.830. The summed E-state index contributed by atoms with van der Waals surface area (Å²) >= 11 is 3.35. The van der Waals surface area contributed by atoms with Crippen LogP contribution in [-0.2, 0) is 10.1 Å². The highest BCUT2D eigenvalue weighted by atomic mass is 79.9. The van der Waals surface area contributed by atoms with Crippen LogP contribution < -0.4 is 4.74 Å². The molecule has 0 saturated heterocycles. The highest BCUT2D eigenvalue weighted by Gasteiger charge is 2.00. The van der Waals surface area contributed by atoms with Gasteiger partial charge in [0, 0.05) is 12.3 Å². The molecule has 0 bridgehead atoms. The maximum Gasteiger partial charge on any atom is 0.308 e.